The van der Waals surface area contributed by atoms with Gasteiger partial charge in [-0.15, -0.1) is 0 Å². The summed E-state index contributed by atoms with van der Waals surface area (Å²) in [5, 5.41) is 5.83. The smallest absolute Gasteiger partial charge is 0.339 e. The average molecular weight is 450 g/mol. The number of nitrogens with one attached hydrogen (secondary N) is 2. The van der Waals surface area contributed by atoms with Crippen molar-refractivity contribution in [3.63, 3.8) is 0 Å². The highest BCUT2D eigenvalue weighted by molar-refractivity contribution is 6.00. The lowest BCUT2D eigenvalue weighted by atomic mass is 9.86. The van der Waals surface area contributed by atoms with Crippen molar-refractivity contribution in [1.29, 1.82) is 0 Å². The molecule has 3 aliphatic heterocycles. The summed E-state index contributed by atoms with van der Waals surface area (Å²) < 4.78 is 22.0. The van der Waals surface area contributed by atoms with Crippen molar-refractivity contribution >= 4 is 23.5 Å². The lowest BCUT2D eigenvalue weighted by molar-refractivity contribution is -0.160. The first kappa shape index (κ1) is 20.9. The molecule has 2 aromatic carbocycles. The number of benzene rings is 2. The molecule has 3 aliphatic rings. The van der Waals surface area contributed by atoms with Gasteiger partial charge >= 0.3 is 11.9 Å². The molecule has 1 spiro atoms. The first-order chi connectivity index (χ1) is 16.0. The lowest BCUT2D eigenvalue weighted by Crippen LogP contribution is -2.57. The number of anilines is 1. The van der Waals surface area contributed by atoms with Crippen LogP contribution in [0, 0.1) is 0 Å². The van der Waals surface area contributed by atoms with E-state index in [-0.39, 0.29) is 19.0 Å². The molecule has 2 unspecified atom stereocenters. The van der Waals surface area contributed by atoms with Gasteiger partial charge in [-0.3, -0.25) is 4.79 Å². The molecule has 2 atom stereocenters. The fraction of sp³-hybridized carbons (Fsp3) is 0.292. The second-order valence-electron chi connectivity index (χ2n) is 7.85. The Labute approximate surface area is 189 Å². The first-order valence-corrected chi connectivity index (χ1v) is 10.7. The van der Waals surface area contributed by atoms with Crippen LogP contribution in [0.3, 0.4) is 0 Å². The van der Waals surface area contributed by atoms with E-state index in [1.807, 2.05) is 6.07 Å². The standard InChI is InChI=1S/C24H22N2O7/c1-2-30-22(28)16-11-18(25-21(27)14-6-4-3-5-7-14)23(29)33-24(16)9-8-15-10-19-20(32-13-31-19)12-17(15)26-24/h3-7,10-12,18,26H,2,8-9,13H2,1H3,(H,25,27). The van der Waals surface area contributed by atoms with E-state index in [1.165, 1.54) is 6.08 Å². The first-order valence-electron chi connectivity index (χ1n) is 10.7. The van der Waals surface area contributed by atoms with Gasteiger partial charge in [-0.25, -0.2) is 9.59 Å². The molecule has 0 aliphatic carbocycles. The van der Waals surface area contributed by atoms with Gasteiger partial charge in [-0.05, 0) is 43.2 Å². The van der Waals surface area contributed by atoms with E-state index in [0.29, 0.717) is 35.6 Å². The third-order valence-electron chi connectivity index (χ3n) is 5.80. The summed E-state index contributed by atoms with van der Waals surface area (Å²) in [6.45, 7) is 1.98. The molecule has 2 aromatic rings. The van der Waals surface area contributed by atoms with Crippen molar-refractivity contribution in [3.05, 3.63) is 65.2 Å². The summed E-state index contributed by atoms with van der Waals surface area (Å²) in [4.78, 5) is 38.4. The molecule has 170 valence electrons. The van der Waals surface area contributed by atoms with E-state index in [9.17, 15) is 14.4 Å². The Morgan fingerprint density at radius 3 is 2.70 bits per heavy atom. The molecule has 0 radical (unpaired) electrons. The van der Waals surface area contributed by atoms with Gasteiger partial charge in [0, 0.05) is 23.7 Å². The summed E-state index contributed by atoms with van der Waals surface area (Å²) in [6, 6.07) is 11.0. The van der Waals surface area contributed by atoms with Gasteiger partial charge in [0.2, 0.25) is 12.5 Å². The Kier molecular flexibility index (Phi) is 5.16. The molecule has 33 heavy (non-hydrogen) atoms. The van der Waals surface area contributed by atoms with Crippen LogP contribution < -0.4 is 20.1 Å². The molecule has 3 heterocycles. The highest BCUT2D eigenvalue weighted by atomic mass is 16.7. The van der Waals surface area contributed by atoms with Crippen molar-refractivity contribution < 1.29 is 33.3 Å². The van der Waals surface area contributed by atoms with Crippen LogP contribution in [0.5, 0.6) is 11.5 Å². The number of fused-ring (bicyclic) bond motifs is 2. The summed E-state index contributed by atoms with van der Waals surface area (Å²) in [6.07, 6.45) is 2.23. The number of hydrogen-bond donors (Lipinski definition) is 2. The maximum absolute atomic E-state index is 12.9. The minimum Gasteiger partial charge on any atom is -0.462 e. The minimum atomic E-state index is -1.42. The Hall–Kier alpha value is -4.01. The van der Waals surface area contributed by atoms with Gasteiger partial charge in [0.05, 0.1) is 6.61 Å². The average Bonchev–Trinajstić information content (AvgIpc) is 3.27. The van der Waals surface area contributed by atoms with Gasteiger partial charge < -0.3 is 29.6 Å². The van der Waals surface area contributed by atoms with Gasteiger partial charge in [0.15, 0.2) is 11.5 Å². The van der Waals surface area contributed by atoms with Crippen LogP contribution in [0.1, 0.15) is 29.3 Å². The number of carbonyl (C=O) groups is 3. The largest absolute Gasteiger partial charge is 0.462 e. The third-order valence-corrected chi connectivity index (χ3v) is 5.80. The van der Waals surface area contributed by atoms with Crippen molar-refractivity contribution in [2.45, 2.75) is 31.5 Å². The fourth-order valence-corrected chi connectivity index (χ4v) is 4.19. The van der Waals surface area contributed by atoms with Gasteiger partial charge in [0.25, 0.3) is 5.91 Å². The maximum atomic E-state index is 12.9. The van der Waals surface area contributed by atoms with E-state index in [1.54, 1.807) is 43.3 Å². The van der Waals surface area contributed by atoms with Crippen molar-refractivity contribution in [2.24, 2.45) is 0 Å². The molecular weight excluding hydrogens is 428 g/mol. The maximum Gasteiger partial charge on any atom is 0.339 e. The Morgan fingerprint density at radius 2 is 1.94 bits per heavy atom. The van der Waals surface area contributed by atoms with E-state index in [0.717, 1.165) is 5.56 Å². The molecule has 9 heteroatoms. The van der Waals surface area contributed by atoms with Crippen LogP contribution in [0.2, 0.25) is 0 Å². The van der Waals surface area contributed by atoms with E-state index >= 15 is 0 Å². The Balaban J connectivity index is 1.47. The number of ether oxygens (including phenoxy) is 4. The number of amides is 1. The van der Waals surface area contributed by atoms with Crippen LogP contribution >= 0.6 is 0 Å². The van der Waals surface area contributed by atoms with Crippen molar-refractivity contribution in [2.75, 3.05) is 18.7 Å². The van der Waals surface area contributed by atoms with Gasteiger partial charge in [-0.1, -0.05) is 18.2 Å². The normalized spacial score (nSPS) is 22.5. The predicted molar refractivity (Wildman–Crippen MR) is 116 cm³/mol. The zero-order valence-corrected chi connectivity index (χ0v) is 17.9. The zero-order chi connectivity index (χ0) is 23.0. The van der Waals surface area contributed by atoms with Gasteiger partial charge in [0.1, 0.15) is 11.6 Å². The quantitative estimate of drug-likeness (QED) is 0.683. The summed E-state index contributed by atoms with van der Waals surface area (Å²) in [7, 11) is 0. The lowest BCUT2D eigenvalue weighted by Gasteiger charge is -2.43. The molecule has 2 N–H and O–H groups in total. The summed E-state index contributed by atoms with van der Waals surface area (Å²) in [5.41, 5.74) is 0.713. The molecule has 9 nitrogen and oxygen atoms in total. The summed E-state index contributed by atoms with van der Waals surface area (Å²) in [5.74, 6) is -0.542. The van der Waals surface area contributed by atoms with Crippen LogP contribution in [0.25, 0.3) is 0 Å². The van der Waals surface area contributed by atoms with Crippen LogP contribution in [0.4, 0.5) is 5.69 Å². The number of hydrogen-bond acceptors (Lipinski definition) is 8. The fourth-order valence-electron chi connectivity index (χ4n) is 4.19. The molecular formula is C24H22N2O7. The monoisotopic (exact) mass is 450 g/mol. The van der Waals surface area contributed by atoms with Crippen LogP contribution in [-0.4, -0.2) is 43.0 Å². The number of aryl methyl sites for hydroxylation is 1. The predicted octanol–water partition coefficient (Wildman–Crippen LogP) is 2.31. The zero-order valence-electron chi connectivity index (χ0n) is 17.9. The van der Waals surface area contributed by atoms with Gasteiger partial charge in [-0.2, -0.15) is 0 Å². The second-order valence-corrected chi connectivity index (χ2v) is 7.85. The molecule has 0 fully saturated rings. The summed E-state index contributed by atoms with van der Waals surface area (Å²) >= 11 is 0. The van der Waals surface area contributed by atoms with Crippen LogP contribution in [0.15, 0.2) is 54.1 Å². The highest BCUT2D eigenvalue weighted by Crippen LogP contribution is 2.44. The molecule has 5 rings (SSSR count). The molecule has 0 saturated carbocycles. The second kappa shape index (κ2) is 8.16. The Morgan fingerprint density at radius 1 is 1.18 bits per heavy atom. The third kappa shape index (κ3) is 3.75. The highest BCUT2D eigenvalue weighted by Gasteiger charge is 2.50. The number of esters is 2. The van der Waals surface area contributed by atoms with E-state index in [2.05, 4.69) is 10.6 Å². The van der Waals surface area contributed by atoms with Crippen molar-refractivity contribution in [3.8, 4) is 11.5 Å². The SMILES string of the molecule is CCOC(=O)C1=CC(NC(=O)c2ccccc2)C(=O)OC12CCc1cc3c(cc1N2)OCO3. The molecule has 0 aromatic heterocycles. The molecule has 1 amide bonds. The van der Waals surface area contributed by atoms with Crippen molar-refractivity contribution in [1.82, 2.24) is 5.32 Å². The van der Waals surface area contributed by atoms with Crippen LogP contribution in [-0.2, 0) is 25.5 Å². The molecule has 0 saturated heterocycles. The molecule has 0 bridgehead atoms. The van der Waals surface area contributed by atoms with E-state index in [4.69, 9.17) is 18.9 Å². The number of carbonyl (C=O) groups excluding carboxylic acids is 3. The minimum absolute atomic E-state index is 0.130. The van der Waals surface area contributed by atoms with E-state index < -0.39 is 29.6 Å². The Bertz CT molecular complexity index is 1160. The topological polar surface area (TPSA) is 112 Å². The number of rotatable bonds is 4.